The van der Waals surface area contributed by atoms with Crippen molar-refractivity contribution >= 4 is 5.91 Å². The maximum Gasteiger partial charge on any atom is 0.301 e. The van der Waals surface area contributed by atoms with Gasteiger partial charge in [-0.1, -0.05) is 0 Å². The molecule has 0 aromatic heterocycles. The highest BCUT2D eigenvalue weighted by Crippen LogP contribution is 2.11. The van der Waals surface area contributed by atoms with Gasteiger partial charge in [0.1, 0.15) is 0 Å². The van der Waals surface area contributed by atoms with Gasteiger partial charge >= 0.3 is 6.08 Å². The molecule has 13 heavy (non-hydrogen) atoms. The zero-order valence-corrected chi connectivity index (χ0v) is 7.11. The molecular weight excluding hydrogens is 185 g/mol. The van der Waals surface area contributed by atoms with Crippen molar-refractivity contribution in [2.24, 2.45) is 5.73 Å². The molecule has 0 bridgehead atoms. The first-order valence-corrected chi connectivity index (χ1v) is 3.68. The van der Waals surface area contributed by atoms with Crippen LogP contribution in [-0.2, 0) is 4.79 Å². The average Bonchev–Trinajstić information content (AvgIpc) is 2.03. The lowest BCUT2D eigenvalue weighted by Gasteiger charge is -2.05. The van der Waals surface area contributed by atoms with E-state index < -0.39 is 30.3 Å². The number of hydrogen-bond acceptors (Lipinski definition) is 2. The third-order valence-corrected chi connectivity index (χ3v) is 1.26. The van der Waals surface area contributed by atoms with Crippen LogP contribution in [-0.4, -0.2) is 18.5 Å². The standard InChI is InChI=1S/C7H11F3N2O/c1-4(11)7(13)12-3-2-5(8)6(9)10/h4H,2-3,11H2,1H3,(H,12,13). The Bertz CT molecular complexity index is 212. The fraction of sp³-hybridized carbons (Fsp3) is 0.571. The summed E-state index contributed by atoms with van der Waals surface area (Å²) in [6.45, 7) is 1.26. The highest BCUT2D eigenvalue weighted by atomic mass is 19.3. The summed E-state index contributed by atoms with van der Waals surface area (Å²) in [6.07, 6.45) is -2.86. The average molecular weight is 196 g/mol. The van der Waals surface area contributed by atoms with E-state index in [1.807, 2.05) is 0 Å². The van der Waals surface area contributed by atoms with Crippen LogP contribution in [0.3, 0.4) is 0 Å². The summed E-state index contributed by atoms with van der Waals surface area (Å²) < 4.78 is 35.1. The number of nitrogens with two attached hydrogens (primary N) is 1. The second kappa shape index (κ2) is 5.58. The van der Waals surface area contributed by atoms with Gasteiger partial charge in [-0.15, -0.1) is 0 Å². The van der Waals surface area contributed by atoms with E-state index in [-0.39, 0.29) is 6.54 Å². The Morgan fingerprint density at radius 1 is 1.46 bits per heavy atom. The van der Waals surface area contributed by atoms with Crippen LogP contribution in [0, 0.1) is 0 Å². The van der Waals surface area contributed by atoms with Crippen LogP contribution in [0.1, 0.15) is 13.3 Å². The Morgan fingerprint density at radius 3 is 2.38 bits per heavy atom. The first-order chi connectivity index (χ1) is 5.95. The van der Waals surface area contributed by atoms with Gasteiger partial charge in [0.15, 0.2) is 5.83 Å². The molecular formula is C7H11F3N2O. The van der Waals surface area contributed by atoms with Gasteiger partial charge < -0.3 is 11.1 Å². The first-order valence-electron chi connectivity index (χ1n) is 3.68. The van der Waals surface area contributed by atoms with E-state index >= 15 is 0 Å². The van der Waals surface area contributed by atoms with Gasteiger partial charge in [0.05, 0.1) is 6.04 Å². The molecule has 6 heteroatoms. The Hall–Kier alpha value is -1.04. The lowest BCUT2D eigenvalue weighted by atomic mass is 10.3. The van der Waals surface area contributed by atoms with E-state index in [2.05, 4.69) is 5.32 Å². The van der Waals surface area contributed by atoms with Crippen LogP contribution in [0.15, 0.2) is 11.9 Å². The van der Waals surface area contributed by atoms with Crippen molar-refractivity contribution in [3.8, 4) is 0 Å². The molecule has 0 aliphatic heterocycles. The van der Waals surface area contributed by atoms with Crippen molar-refractivity contribution in [1.29, 1.82) is 0 Å². The maximum absolute atomic E-state index is 12.1. The molecule has 3 nitrogen and oxygen atoms in total. The third kappa shape index (κ3) is 5.24. The smallest absolute Gasteiger partial charge is 0.301 e. The summed E-state index contributed by atoms with van der Waals surface area (Å²) in [5.74, 6) is -2.00. The minimum absolute atomic E-state index is 0.177. The Morgan fingerprint density at radius 2 is 2.00 bits per heavy atom. The SMILES string of the molecule is CC(N)C(=O)NCCC(F)=C(F)F. The number of amides is 1. The van der Waals surface area contributed by atoms with Crippen LogP contribution < -0.4 is 11.1 Å². The van der Waals surface area contributed by atoms with Gasteiger partial charge in [-0.3, -0.25) is 4.79 Å². The molecule has 1 unspecified atom stereocenters. The highest BCUT2D eigenvalue weighted by molar-refractivity contribution is 5.80. The fourth-order valence-corrected chi connectivity index (χ4v) is 0.551. The van der Waals surface area contributed by atoms with Crippen molar-refractivity contribution in [2.75, 3.05) is 6.54 Å². The molecule has 0 saturated carbocycles. The van der Waals surface area contributed by atoms with Crippen LogP contribution in [0.2, 0.25) is 0 Å². The van der Waals surface area contributed by atoms with Gasteiger partial charge in [0, 0.05) is 13.0 Å². The second-order valence-corrected chi connectivity index (χ2v) is 2.50. The molecule has 0 fully saturated rings. The summed E-state index contributed by atoms with van der Waals surface area (Å²) >= 11 is 0. The van der Waals surface area contributed by atoms with E-state index in [1.165, 1.54) is 6.92 Å². The van der Waals surface area contributed by atoms with E-state index in [0.29, 0.717) is 0 Å². The van der Waals surface area contributed by atoms with E-state index in [4.69, 9.17) is 5.73 Å². The summed E-state index contributed by atoms with van der Waals surface area (Å²) in [5.41, 5.74) is 5.15. The molecule has 76 valence electrons. The fourth-order valence-electron chi connectivity index (χ4n) is 0.551. The normalized spacial score (nSPS) is 12.1. The number of carbonyl (C=O) groups is 1. The van der Waals surface area contributed by atoms with E-state index in [1.54, 1.807) is 0 Å². The molecule has 1 amide bonds. The van der Waals surface area contributed by atoms with Crippen molar-refractivity contribution in [3.05, 3.63) is 11.9 Å². The number of rotatable bonds is 4. The zero-order valence-electron chi connectivity index (χ0n) is 7.11. The number of halogens is 3. The van der Waals surface area contributed by atoms with Crippen LogP contribution in [0.25, 0.3) is 0 Å². The Labute approximate surface area is 73.8 Å². The summed E-state index contributed by atoms with van der Waals surface area (Å²) in [6, 6.07) is -0.720. The predicted molar refractivity (Wildman–Crippen MR) is 41.6 cm³/mol. The Balaban J connectivity index is 3.70. The highest BCUT2D eigenvalue weighted by Gasteiger charge is 2.08. The number of carbonyl (C=O) groups excluding carboxylic acids is 1. The largest absolute Gasteiger partial charge is 0.354 e. The van der Waals surface area contributed by atoms with Crippen LogP contribution in [0.5, 0.6) is 0 Å². The van der Waals surface area contributed by atoms with Gasteiger partial charge in [0.25, 0.3) is 0 Å². The van der Waals surface area contributed by atoms with Crippen molar-refractivity contribution in [2.45, 2.75) is 19.4 Å². The minimum atomic E-state index is -2.35. The van der Waals surface area contributed by atoms with Crippen LogP contribution in [0.4, 0.5) is 13.2 Å². The van der Waals surface area contributed by atoms with Gasteiger partial charge in [0.2, 0.25) is 5.91 Å². The quantitative estimate of drug-likeness (QED) is 0.702. The van der Waals surface area contributed by atoms with E-state index in [0.717, 1.165) is 0 Å². The molecule has 0 aromatic rings. The molecule has 1 atom stereocenters. The summed E-state index contributed by atoms with van der Waals surface area (Å²) in [4.78, 5) is 10.7. The maximum atomic E-state index is 12.1. The number of nitrogens with one attached hydrogen (secondary N) is 1. The Kier molecular flexibility index (Phi) is 5.13. The molecule has 0 aliphatic rings. The first kappa shape index (κ1) is 12.0. The zero-order chi connectivity index (χ0) is 10.4. The van der Waals surface area contributed by atoms with Crippen molar-refractivity contribution in [3.63, 3.8) is 0 Å². The topological polar surface area (TPSA) is 55.1 Å². The second-order valence-electron chi connectivity index (χ2n) is 2.50. The minimum Gasteiger partial charge on any atom is -0.354 e. The third-order valence-electron chi connectivity index (χ3n) is 1.26. The molecule has 0 heterocycles. The predicted octanol–water partition coefficient (Wildman–Crippen LogP) is 0.917. The van der Waals surface area contributed by atoms with E-state index in [9.17, 15) is 18.0 Å². The monoisotopic (exact) mass is 196 g/mol. The molecule has 0 radical (unpaired) electrons. The molecule has 3 N–H and O–H groups in total. The molecule has 0 aliphatic carbocycles. The molecule has 0 spiro atoms. The van der Waals surface area contributed by atoms with Crippen LogP contribution >= 0.6 is 0 Å². The van der Waals surface area contributed by atoms with Crippen molar-refractivity contribution < 1.29 is 18.0 Å². The molecule has 0 saturated heterocycles. The lowest BCUT2D eigenvalue weighted by Crippen LogP contribution is -2.38. The van der Waals surface area contributed by atoms with Crippen molar-refractivity contribution in [1.82, 2.24) is 5.32 Å². The van der Waals surface area contributed by atoms with Gasteiger partial charge in [-0.2, -0.15) is 8.78 Å². The molecule has 0 rings (SSSR count). The lowest BCUT2D eigenvalue weighted by molar-refractivity contribution is -0.121. The number of hydrogen-bond donors (Lipinski definition) is 2. The summed E-state index contributed by atoms with van der Waals surface area (Å²) in [7, 11) is 0. The molecule has 0 aromatic carbocycles. The van der Waals surface area contributed by atoms with Gasteiger partial charge in [-0.25, -0.2) is 4.39 Å². The summed E-state index contributed by atoms with van der Waals surface area (Å²) in [5, 5.41) is 2.20. The van der Waals surface area contributed by atoms with Gasteiger partial charge in [-0.05, 0) is 6.92 Å².